The minimum atomic E-state index is 0.498. The number of aryl methyl sites for hydroxylation is 1. The van der Waals surface area contributed by atoms with Crippen molar-refractivity contribution in [2.45, 2.75) is 13.8 Å². The number of rotatable bonds is 6. The number of para-hydroxylation sites is 1. The predicted octanol–water partition coefficient (Wildman–Crippen LogP) is 4.71. The smallest absolute Gasteiger partial charge is 0.243 e. The van der Waals surface area contributed by atoms with Gasteiger partial charge in [0.2, 0.25) is 5.88 Å². The molecule has 0 aliphatic carbocycles. The van der Waals surface area contributed by atoms with Crippen molar-refractivity contribution in [2.24, 2.45) is 4.99 Å². The summed E-state index contributed by atoms with van der Waals surface area (Å²) in [7, 11) is 0. The zero-order valence-corrected chi connectivity index (χ0v) is 12.8. The van der Waals surface area contributed by atoms with E-state index in [9.17, 15) is 0 Å². The number of pyridine rings is 1. The van der Waals surface area contributed by atoms with Crippen LogP contribution in [0.15, 0.2) is 72.1 Å². The number of ether oxygens (including phenoxy) is 1. The highest BCUT2D eigenvalue weighted by Gasteiger charge is 2.07. The Hall–Kier alpha value is -2.88. The average molecular weight is 293 g/mol. The first-order valence-corrected chi connectivity index (χ1v) is 6.99. The van der Waals surface area contributed by atoms with Crippen LogP contribution < -0.4 is 10.1 Å². The van der Waals surface area contributed by atoms with Crippen molar-refractivity contribution in [3.8, 4) is 11.6 Å². The van der Waals surface area contributed by atoms with Crippen molar-refractivity contribution < 1.29 is 4.74 Å². The molecular formula is C18H19N3O. The van der Waals surface area contributed by atoms with E-state index in [-0.39, 0.29) is 0 Å². The summed E-state index contributed by atoms with van der Waals surface area (Å²) in [6, 6.07) is 11.5. The van der Waals surface area contributed by atoms with E-state index >= 15 is 0 Å². The second-order valence-electron chi connectivity index (χ2n) is 4.63. The van der Waals surface area contributed by atoms with E-state index in [4.69, 9.17) is 4.74 Å². The number of hydrogen-bond acceptors (Lipinski definition) is 4. The van der Waals surface area contributed by atoms with Gasteiger partial charge in [-0.3, -0.25) is 4.99 Å². The van der Waals surface area contributed by atoms with Crippen LogP contribution in [0.5, 0.6) is 11.6 Å². The molecule has 0 radical (unpaired) electrons. The molecule has 2 aromatic rings. The molecular weight excluding hydrogens is 274 g/mol. The highest BCUT2D eigenvalue weighted by molar-refractivity contribution is 5.83. The standard InChI is InChI=1S/C18H19N3O/c1-4-11-19-13-15(3)21-16-9-7-12-20-18(16)22-17-10-6-5-8-14(17)2/h4-13,21H,3H2,1-2H3/b11-4-,19-13?. The molecule has 0 fully saturated rings. The molecule has 0 atom stereocenters. The molecule has 1 aromatic heterocycles. The molecule has 0 saturated heterocycles. The summed E-state index contributed by atoms with van der Waals surface area (Å²) in [5.74, 6) is 1.27. The Bertz CT molecular complexity index is 705. The maximum absolute atomic E-state index is 5.89. The Morgan fingerprint density at radius 1 is 1.27 bits per heavy atom. The van der Waals surface area contributed by atoms with Crippen molar-refractivity contribution in [3.05, 3.63) is 72.7 Å². The monoisotopic (exact) mass is 293 g/mol. The van der Waals surface area contributed by atoms with Crippen LogP contribution in [0, 0.1) is 6.92 Å². The molecule has 2 rings (SSSR count). The Morgan fingerprint density at radius 2 is 2.09 bits per heavy atom. The van der Waals surface area contributed by atoms with Gasteiger partial charge < -0.3 is 10.1 Å². The number of allylic oxidation sites excluding steroid dienone is 2. The lowest BCUT2D eigenvalue weighted by Gasteiger charge is -2.12. The maximum atomic E-state index is 5.89. The van der Waals surface area contributed by atoms with Crippen LogP contribution >= 0.6 is 0 Å². The SMILES string of the molecule is C=C(C=N/C=C\C)Nc1cccnc1Oc1ccccc1C. The molecule has 4 nitrogen and oxygen atoms in total. The fourth-order valence-corrected chi connectivity index (χ4v) is 1.77. The van der Waals surface area contributed by atoms with Crippen molar-refractivity contribution in [1.82, 2.24) is 4.98 Å². The molecule has 0 amide bonds. The lowest BCUT2D eigenvalue weighted by Crippen LogP contribution is -2.02. The lowest BCUT2D eigenvalue weighted by molar-refractivity contribution is 0.462. The molecule has 0 spiro atoms. The molecule has 0 saturated carbocycles. The molecule has 1 aromatic carbocycles. The first-order chi connectivity index (χ1) is 10.7. The quantitative estimate of drug-likeness (QED) is 0.784. The van der Waals surface area contributed by atoms with Gasteiger partial charge in [0.15, 0.2) is 0 Å². The summed E-state index contributed by atoms with van der Waals surface area (Å²) >= 11 is 0. The van der Waals surface area contributed by atoms with Crippen molar-refractivity contribution in [3.63, 3.8) is 0 Å². The normalized spacial score (nSPS) is 11.0. The number of nitrogens with one attached hydrogen (secondary N) is 1. The highest BCUT2D eigenvalue weighted by atomic mass is 16.5. The molecule has 0 aliphatic rings. The minimum absolute atomic E-state index is 0.498. The van der Waals surface area contributed by atoms with Crippen LogP contribution in [0.4, 0.5) is 5.69 Å². The number of hydrogen-bond donors (Lipinski definition) is 1. The summed E-state index contributed by atoms with van der Waals surface area (Å²) in [5.41, 5.74) is 2.44. The zero-order chi connectivity index (χ0) is 15.8. The van der Waals surface area contributed by atoms with Crippen molar-refractivity contribution in [2.75, 3.05) is 5.32 Å². The molecule has 22 heavy (non-hydrogen) atoms. The topological polar surface area (TPSA) is 46.5 Å². The largest absolute Gasteiger partial charge is 0.437 e. The van der Waals surface area contributed by atoms with Gasteiger partial charge >= 0.3 is 0 Å². The Labute approximate surface area is 130 Å². The van der Waals surface area contributed by atoms with Crippen LogP contribution in [-0.4, -0.2) is 11.2 Å². The number of aliphatic imine (C=N–C) groups is 1. The Balaban J connectivity index is 2.17. The number of nitrogens with zero attached hydrogens (tertiary/aromatic N) is 2. The van der Waals surface area contributed by atoms with Crippen LogP contribution in [-0.2, 0) is 0 Å². The third kappa shape index (κ3) is 4.31. The maximum Gasteiger partial charge on any atom is 0.243 e. The number of aromatic nitrogens is 1. The lowest BCUT2D eigenvalue weighted by atomic mass is 10.2. The second kappa shape index (κ2) is 7.78. The van der Waals surface area contributed by atoms with Gasteiger partial charge in [-0.1, -0.05) is 30.9 Å². The van der Waals surface area contributed by atoms with E-state index < -0.39 is 0 Å². The van der Waals surface area contributed by atoms with Gasteiger partial charge in [0, 0.05) is 24.3 Å². The van der Waals surface area contributed by atoms with Crippen LogP contribution in [0.2, 0.25) is 0 Å². The molecule has 0 unspecified atom stereocenters. The van der Waals surface area contributed by atoms with Crippen LogP contribution in [0.25, 0.3) is 0 Å². The van der Waals surface area contributed by atoms with Crippen LogP contribution in [0.3, 0.4) is 0 Å². The summed E-state index contributed by atoms with van der Waals surface area (Å²) < 4.78 is 5.89. The Kier molecular flexibility index (Phi) is 5.49. The van der Waals surface area contributed by atoms with Crippen LogP contribution in [0.1, 0.15) is 12.5 Å². The second-order valence-corrected chi connectivity index (χ2v) is 4.63. The summed E-state index contributed by atoms with van der Waals surface area (Å²) in [5, 5.41) is 3.14. The van der Waals surface area contributed by atoms with E-state index in [1.54, 1.807) is 18.6 Å². The van der Waals surface area contributed by atoms with E-state index in [0.29, 0.717) is 11.6 Å². The molecule has 112 valence electrons. The summed E-state index contributed by atoms with van der Waals surface area (Å²) in [4.78, 5) is 8.37. The molecule has 4 heteroatoms. The minimum Gasteiger partial charge on any atom is -0.437 e. The molecule has 0 bridgehead atoms. The van der Waals surface area contributed by atoms with E-state index in [1.807, 2.05) is 56.3 Å². The van der Waals surface area contributed by atoms with E-state index in [0.717, 1.165) is 17.0 Å². The summed E-state index contributed by atoms with van der Waals surface area (Å²) in [6.45, 7) is 7.81. The van der Waals surface area contributed by atoms with Crippen molar-refractivity contribution >= 4 is 11.9 Å². The first-order valence-electron chi connectivity index (χ1n) is 6.99. The predicted molar refractivity (Wildman–Crippen MR) is 91.6 cm³/mol. The Morgan fingerprint density at radius 3 is 2.86 bits per heavy atom. The van der Waals surface area contributed by atoms with Gasteiger partial charge in [-0.05, 0) is 37.6 Å². The molecule has 1 heterocycles. The average Bonchev–Trinajstić information content (AvgIpc) is 2.52. The van der Waals surface area contributed by atoms with Gasteiger partial charge in [0.25, 0.3) is 0 Å². The third-order valence-electron chi connectivity index (χ3n) is 2.83. The van der Waals surface area contributed by atoms with Gasteiger partial charge in [0.1, 0.15) is 11.4 Å². The molecule has 0 aliphatic heterocycles. The van der Waals surface area contributed by atoms with Gasteiger partial charge in [-0.25, -0.2) is 4.98 Å². The van der Waals surface area contributed by atoms with Gasteiger partial charge in [-0.15, -0.1) is 0 Å². The van der Waals surface area contributed by atoms with E-state index in [1.165, 1.54) is 0 Å². The number of benzene rings is 1. The molecule has 1 N–H and O–H groups in total. The van der Waals surface area contributed by atoms with E-state index in [2.05, 4.69) is 21.9 Å². The zero-order valence-electron chi connectivity index (χ0n) is 12.8. The van der Waals surface area contributed by atoms with Gasteiger partial charge in [0.05, 0.1) is 0 Å². The fourth-order valence-electron chi connectivity index (χ4n) is 1.77. The highest BCUT2D eigenvalue weighted by Crippen LogP contribution is 2.29. The first kappa shape index (κ1) is 15.5. The summed E-state index contributed by atoms with van der Waals surface area (Å²) in [6.07, 6.45) is 6.88. The fraction of sp³-hybridized carbons (Fsp3) is 0.111. The van der Waals surface area contributed by atoms with Gasteiger partial charge in [-0.2, -0.15) is 0 Å². The number of anilines is 1. The van der Waals surface area contributed by atoms with Crippen molar-refractivity contribution in [1.29, 1.82) is 0 Å². The third-order valence-corrected chi connectivity index (χ3v) is 2.83.